The summed E-state index contributed by atoms with van der Waals surface area (Å²) in [6.45, 7) is 0. The standard InChI is InChI=1S/C40H25NOS/c1-2-10-26(11-3-1)27-18-20-28(21-19-27)41(29-22-23-32-31-13-7-9-17-38(31)43-39(32)24-29)35-25-37-40(33-14-5-4-12-30(33)35)34-15-6-8-16-36(34)42-37/h1-25H. The molecule has 0 aliphatic heterocycles. The van der Waals surface area contributed by atoms with Crippen LogP contribution in [0, 0.1) is 0 Å². The van der Waals surface area contributed by atoms with Crippen LogP contribution in [-0.4, -0.2) is 0 Å². The van der Waals surface area contributed by atoms with Crippen molar-refractivity contribution in [2.75, 3.05) is 4.90 Å². The van der Waals surface area contributed by atoms with E-state index in [1.807, 2.05) is 17.4 Å². The maximum Gasteiger partial charge on any atom is 0.138 e. The number of thiophene rings is 1. The molecular formula is C40H25NOS. The molecule has 0 radical (unpaired) electrons. The van der Waals surface area contributed by atoms with E-state index >= 15 is 0 Å². The van der Waals surface area contributed by atoms with E-state index in [-0.39, 0.29) is 0 Å². The van der Waals surface area contributed by atoms with Gasteiger partial charge in [0.2, 0.25) is 0 Å². The van der Waals surface area contributed by atoms with Crippen LogP contribution in [0.1, 0.15) is 0 Å². The van der Waals surface area contributed by atoms with Gasteiger partial charge in [0, 0.05) is 53.8 Å². The second-order valence-electron chi connectivity index (χ2n) is 10.9. The van der Waals surface area contributed by atoms with Crippen molar-refractivity contribution in [3.05, 3.63) is 152 Å². The number of para-hydroxylation sites is 1. The molecule has 2 aromatic heterocycles. The third kappa shape index (κ3) is 3.86. The Bertz CT molecular complexity index is 2450. The summed E-state index contributed by atoms with van der Waals surface area (Å²) in [6.07, 6.45) is 0. The van der Waals surface area contributed by atoms with Crippen molar-refractivity contribution in [3.8, 4) is 11.1 Å². The zero-order valence-electron chi connectivity index (χ0n) is 23.2. The van der Waals surface area contributed by atoms with Gasteiger partial charge in [-0.05, 0) is 52.9 Å². The molecule has 9 rings (SSSR count). The highest BCUT2D eigenvalue weighted by Crippen LogP contribution is 2.46. The number of anilines is 3. The molecule has 0 amide bonds. The Morgan fingerprint density at radius 2 is 1.05 bits per heavy atom. The van der Waals surface area contributed by atoms with Crippen LogP contribution in [0.3, 0.4) is 0 Å². The molecule has 7 aromatic carbocycles. The van der Waals surface area contributed by atoms with Gasteiger partial charge in [0.05, 0.1) is 5.69 Å². The Labute approximate surface area is 252 Å². The summed E-state index contributed by atoms with van der Waals surface area (Å²) in [6, 6.07) is 54.2. The van der Waals surface area contributed by atoms with E-state index in [0.717, 1.165) is 39.0 Å². The van der Waals surface area contributed by atoms with E-state index in [4.69, 9.17) is 4.42 Å². The van der Waals surface area contributed by atoms with Gasteiger partial charge < -0.3 is 9.32 Å². The molecule has 0 bridgehead atoms. The molecule has 0 saturated heterocycles. The molecule has 0 atom stereocenters. The van der Waals surface area contributed by atoms with E-state index in [9.17, 15) is 0 Å². The molecule has 43 heavy (non-hydrogen) atoms. The Kier molecular flexibility index (Phi) is 5.40. The summed E-state index contributed by atoms with van der Waals surface area (Å²) in [7, 11) is 0. The fourth-order valence-electron chi connectivity index (χ4n) is 6.47. The lowest BCUT2D eigenvalue weighted by molar-refractivity contribution is 0.669. The van der Waals surface area contributed by atoms with Crippen LogP contribution in [0.25, 0.3) is 64.0 Å². The Balaban J connectivity index is 1.32. The quantitative estimate of drug-likeness (QED) is 0.210. The molecule has 0 unspecified atom stereocenters. The number of furan rings is 1. The first-order chi connectivity index (χ1) is 21.3. The maximum absolute atomic E-state index is 6.49. The zero-order valence-corrected chi connectivity index (χ0v) is 24.0. The van der Waals surface area contributed by atoms with Gasteiger partial charge in [-0.25, -0.2) is 0 Å². The van der Waals surface area contributed by atoms with Crippen LogP contribution in [0.15, 0.2) is 156 Å². The first-order valence-electron chi connectivity index (χ1n) is 14.5. The maximum atomic E-state index is 6.49. The third-order valence-corrected chi connectivity index (χ3v) is 9.59. The van der Waals surface area contributed by atoms with Gasteiger partial charge in [0.1, 0.15) is 11.2 Å². The largest absolute Gasteiger partial charge is 0.456 e. The highest BCUT2D eigenvalue weighted by molar-refractivity contribution is 7.25. The van der Waals surface area contributed by atoms with Crippen LogP contribution in [0.4, 0.5) is 17.1 Å². The highest BCUT2D eigenvalue weighted by Gasteiger charge is 2.21. The molecule has 9 aromatic rings. The molecule has 3 heteroatoms. The molecule has 2 nitrogen and oxygen atoms in total. The average Bonchev–Trinajstić information content (AvgIpc) is 3.64. The number of nitrogens with zero attached hydrogens (tertiary/aromatic N) is 1. The lowest BCUT2D eigenvalue weighted by atomic mass is 10.00. The van der Waals surface area contributed by atoms with Crippen molar-refractivity contribution in [1.82, 2.24) is 0 Å². The predicted molar refractivity (Wildman–Crippen MR) is 184 cm³/mol. The number of benzene rings is 7. The predicted octanol–water partition coefficient (Wildman–Crippen LogP) is 12.2. The van der Waals surface area contributed by atoms with Crippen molar-refractivity contribution in [2.24, 2.45) is 0 Å². The molecular weight excluding hydrogens is 543 g/mol. The first kappa shape index (κ1) is 24.2. The smallest absolute Gasteiger partial charge is 0.138 e. The van der Waals surface area contributed by atoms with Crippen molar-refractivity contribution < 1.29 is 4.42 Å². The van der Waals surface area contributed by atoms with Crippen LogP contribution in [-0.2, 0) is 0 Å². The topological polar surface area (TPSA) is 16.4 Å². The summed E-state index contributed by atoms with van der Waals surface area (Å²) in [4.78, 5) is 2.38. The second-order valence-corrected chi connectivity index (χ2v) is 12.0. The van der Waals surface area contributed by atoms with Gasteiger partial charge in [0.15, 0.2) is 0 Å². The zero-order chi connectivity index (χ0) is 28.3. The summed E-state index contributed by atoms with van der Waals surface area (Å²) in [5.74, 6) is 0. The summed E-state index contributed by atoms with van der Waals surface area (Å²) >= 11 is 1.85. The molecule has 0 aliphatic rings. The van der Waals surface area contributed by atoms with Crippen molar-refractivity contribution >= 4 is 81.3 Å². The van der Waals surface area contributed by atoms with Crippen molar-refractivity contribution in [1.29, 1.82) is 0 Å². The van der Waals surface area contributed by atoms with E-state index in [1.165, 1.54) is 42.1 Å². The van der Waals surface area contributed by atoms with Gasteiger partial charge >= 0.3 is 0 Å². The molecule has 0 aliphatic carbocycles. The summed E-state index contributed by atoms with van der Waals surface area (Å²) in [5, 5.41) is 7.28. The SMILES string of the molecule is c1ccc(-c2ccc(N(c3ccc4c(c3)sc3ccccc34)c3cc4oc5ccccc5c4c4ccccc34)cc2)cc1. The fourth-order valence-corrected chi connectivity index (χ4v) is 7.61. The monoisotopic (exact) mass is 567 g/mol. The second kappa shape index (κ2) is 9.59. The summed E-state index contributed by atoms with van der Waals surface area (Å²) < 4.78 is 9.07. The van der Waals surface area contributed by atoms with Gasteiger partial charge in [-0.3, -0.25) is 0 Å². The molecule has 0 saturated carbocycles. The van der Waals surface area contributed by atoms with Gasteiger partial charge in [0.25, 0.3) is 0 Å². The number of hydrogen-bond acceptors (Lipinski definition) is 3. The minimum absolute atomic E-state index is 0.892. The van der Waals surface area contributed by atoms with E-state index in [0.29, 0.717) is 0 Å². The fraction of sp³-hybridized carbons (Fsp3) is 0. The minimum atomic E-state index is 0.892. The lowest BCUT2D eigenvalue weighted by Crippen LogP contribution is -2.10. The van der Waals surface area contributed by atoms with Crippen molar-refractivity contribution in [2.45, 2.75) is 0 Å². The molecule has 202 valence electrons. The molecule has 2 heterocycles. The van der Waals surface area contributed by atoms with Gasteiger partial charge in [-0.2, -0.15) is 0 Å². The minimum Gasteiger partial charge on any atom is -0.456 e. The van der Waals surface area contributed by atoms with E-state index in [1.54, 1.807) is 0 Å². The number of rotatable bonds is 4. The Hall–Kier alpha value is -5.38. The summed E-state index contributed by atoms with van der Waals surface area (Å²) in [5.41, 5.74) is 7.51. The van der Waals surface area contributed by atoms with Crippen LogP contribution in [0.2, 0.25) is 0 Å². The highest BCUT2D eigenvalue weighted by atomic mass is 32.1. The van der Waals surface area contributed by atoms with E-state index < -0.39 is 0 Å². The van der Waals surface area contributed by atoms with Gasteiger partial charge in [-0.1, -0.05) is 109 Å². The average molecular weight is 568 g/mol. The molecule has 0 N–H and O–H groups in total. The number of fused-ring (bicyclic) bond motifs is 8. The molecule has 0 fully saturated rings. The third-order valence-electron chi connectivity index (χ3n) is 8.46. The first-order valence-corrected chi connectivity index (χ1v) is 15.3. The van der Waals surface area contributed by atoms with Crippen molar-refractivity contribution in [3.63, 3.8) is 0 Å². The van der Waals surface area contributed by atoms with Crippen LogP contribution in [0.5, 0.6) is 0 Å². The van der Waals surface area contributed by atoms with Gasteiger partial charge in [-0.15, -0.1) is 11.3 Å². The van der Waals surface area contributed by atoms with Crippen LogP contribution < -0.4 is 4.90 Å². The van der Waals surface area contributed by atoms with E-state index in [2.05, 4.69) is 150 Å². The Morgan fingerprint density at radius 3 is 1.88 bits per heavy atom. The molecule has 0 spiro atoms. The Morgan fingerprint density at radius 1 is 0.419 bits per heavy atom. The number of hydrogen-bond donors (Lipinski definition) is 0. The normalized spacial score (nSPS) is 11.7. The lowest BCUT2D eigenvalue weighted by Gasteiger charge is -2.27. The van der Waals surface area contributed by atoms with Crippen LogP contribution >= 0.6 is 11.3 Å².